The van der Waals surface area contributed by atoms with E-state index in [0.717, 1.165) is 12.3 Å². The van der Waals surface area contributed by atoms with Gasteiger partial charge in [-0.25, -0.2) is 18.7 Å². The second-order valence-corrected chi connectivity index (χ2v) is 3.73. The number of rotatable bonds is 3. The van der Waals surface area contributed by atoms with E-state index in [4.69, 9.17) is 0 Å². The third-order valence-corrected chi connectivity index (χ3v) is 2.38. The van der Waals surface area contributed by atoms with Gasteiger partial charge in [0.1, 0.15) is 11.6 Å². The van der Waals surface area contributed by atoms with Crippen LogP contribution in [0.15, 0.2) is 24.4 Å². The Hall–Kier alpha value is -1.57. The van der Waals surface area contributed by atoms with Crippen molar-refractivity contribution in [1.82, 2.24) is 9.97 Å². The van der Waals surface area contributed by atoms with Crippen LogP contribution in [0.4, 0.5) is 20.4 Å². The van der Waals surface area contributed by atoms with Crippen molar-refractivity contribution in [3.05, 3.63) is 47.3 Å². The number of aromatic carboxylic acids is 1. The van der Waals surface area contributed by atoms with E-state index in [1.54, 1.807) is 0 Å². The zero-order chi connectivity index (χ0) is 14.0. The first kappa shape index (κ1) is 16.5. The Labute approximate surface area is 135 Å². The molecule has 5 nitrogen and oxygen atoms in total. The Morgan fingerprint density at radius 2 is 2.05 bits per heavy atom. The number of carbonyl (C=O) groups is 1. The number of anilines is 2. The van der Waals surface area contributed by atoms with Gasteiger partial charge in [-0.3, -0.25) is 0 Å². The first-order valence-electron chi connectivity index (χ1n) is 5.24. The zero-order valence-electron chi connectivity index (χ0n) is 10.8. The second kappa shape index (κ2) is 6.74. The van der Waals surface area contributed by atoms with Gasteiger partial charge in [0.2, 0.25) is 5.95 Å². The maximum atomic E-state index is 13.4. The van der Waals surface area contributed by atoms with Crippen LogP contribution in [0.2, 0.25) is 0 Å². The molecule has 0 radical (unpaired) electrons. The fraction of sp³-hybridized carbons (Fsp3) is 0.0833. The third-order valence-electron chi connectivity index (χ3n) is 2.38. The predicted octanol–water partition coefficient (Wildman–Crippen LogP) is -1.83. The molecule has 20 heavy (non-hydrogen) atoms. The van der Waals surface area contributed by atoms with Gasteiger partial charge in [-0.05, 0) is 19.1 Å². The maximum Gasteiger partial charge on any atom is 1.00 e. The average Bonchev–Trinajstić information content (AvgIpc) is 2.32. The van der Waals surface area contributed by atoms with Crippen LogP contribution in [-0.4, -0.2) is 15.9 Å². The van der Waals surface area contributed by atoms with Crippen LogP contribution in [-0.2, 0) is 0 Å². The minimum Gasteiger partial charge on any atom is -0.545 e. The number of carboxylic acids is 1. The number of aromatic nitrogens is 2. The first-order valence-corrected chi connectivity index (χ1v) is 5.24. The van der Waals surface area contributed by atoms with Crippen molar-refractivity contribution in [2.75, 3.05) is 5.32 Å². The molecule has 0 aliphatic carbocycles. The number of aryl methyl sites for hydroxylation is 1. The summed E-state index contributed by atoms with van der Waals surface area (Å²) >= 11 is 0. The van der Waals surface area contributed by atoms with Gasteiger partial charge >= 0.3 is 29.6 Å². The van der Waals surface area contributed by atoms with E-state index in [2.05, 4.69) is 15.3 Å². The Morgan fingerprint density at radius 1 is 1.35 bits per heavy atom. The molecule has 1 N–H and O–H groups in total. The van der Waals surface area contributed by atoms with Crippen molar-refractivity contribution in [2.45, 2.75) is 6.92 Å². The molecule has 1 heterocycles. The van der Waals surface area contributed by atoms with Crippen molar-refractivity contribution in [3.63, 3.8) is 0 Å². The number of benzene rings is 1. The molecular weight excluding hydrogens is 279 g/mol. The molecule has 2 rings (SSSR count). The van der Waals surface area contributed by atoms with E-state index in [1.165, 1.54) is 13.0 Å². The van der Waals surface area contributed by atoms with Gasteiger partial charge in [0.05, 0.1) is 17.4 Å². The van der Waals surface area contributed by atoms with E-state index in [0.29, 0.717) is 6.07 Å². The fourth-order valence-electron chi connectivity index (χ4n) is 1.44. The van der Waals surface area contributed by atoms with Crippen LogP contribution in [0.3, 0.4) is 0 Å². The van der Waals surface area contributed by atoms with E-state index >= 15 is 0 Å². The SMILES string of the molecule is Cc1nc(Nc2ccc(F)cc2F)ncc1C(=O)[O-].[Na+]. The van der Waals surface area contributed by atoms with Gasteiger partial charge in [-0.2, -0.15) is 0 Å². The minimum absolute atomic E-state index is 0. The van der Waals surface area contributed by atoms with Gasteiger partial charge in [0.25, 0.3) is 0 Å². The molecule has 0 atom stereocenters. The fourth-order valence-corrected chi connectivity index (χ4v) is 1.44. The quantitative estimate of drug-likeness (QED) is 0.672. The molecule has 0 aliphatic rings. The first-order chi connectivity index (χ1) is 8.97. The van der Waals surface area contributed by atoms with Crippen LogP contribution in [0.5, 0.6) is 0 Å². The molecule has 0 spiro atoms. The molecule has 2 aromatic rings. The van der Waals surface area contributed by atoms with E-state index < -0.39 is 17.6 Å². The van der Waals surface area contributed by atoms with Gasteiger partial charge in [-0.1, -0.05) is 0 Å². The molecule has 0 unspecified atom stereocenters. The maximum absolute atomic E-state index is 13.4. The number of carbonyl (C=O) groups excluding carboxylic acids is 1. The summed E-state index contributed by atoms with van der Waals surface area (Å²) in [7, 11) is 0. The number of carboxylic acid groups (broad SMARTS) is 1. The number of nitrogens with one attached hydrogen (secondary N) is 1. The van der Waals surface area contributed by atoms with Gasteiger partial charge in [0.15, 0.2) is 0 Å². The Kier molecular flexibility index (Phi) is 5.55. The Balaban J connectivity index is 0.00000200. The smallest absolute Gasteiger partial charge is 0.545 e. The second-order valence-electron chi connectivity index (χ2n) is 3.73. The standard InChI is InChI=1S/C12H9F2N3O2.Na/c1-6-8(11(18)19)5-15-12(16-6)17-10-3-2-7(13)4-9(10)14;/h2-5H,1H3,(H,18,19)(H,15,16,17);/q;+1/p-1. The molecule has 1 aromatic carbocycles. The molecule has 0 fully saturated rings. The van der Waals surface area contributed by atoms with Crippen LogP contribution < -0.4 is 40.0 Å². The summed E-state index contributed by atoms with van der Waals surface area (Å²) in [6.45, 7) is 1.46. The Morgan fingerprint density at radius 3 is 2.60 bits per heavy atom. The Bertz CT molecular complexity index is 653. The molecule has 0 aliphatic heterocycles. The van der Waals surface area contributed by atoms with Crippen LogP contribution in [0, 0.1) is 18.6 Å². The number of hydrogen-bond acceptors (Lipinski definition) is 5. The monoisotopic (exact) mass is 287 g/mol. The minimum atomic E-state index is -1.39. The molecular formula is C12H8F2N3NaO2. The molecule has 98 valence electrons. The van der Waals surface area contributed by atoms with Crippen LogP contribution >= 0.6 is 0 Å². The summed E-state index contributed by atoms with van der Waals surface area (Å²) in [6, 6.07) is 2.98. The van der Waals surface area contributed by atoms with Gasteiger partial charge in [0, 0.05) is 17.8 Å². The topological polar surface area (TPSA) is 77.9 Å². The van der Waals surface area contributed by atoms with Crippen molar-refractivity contribution < 1.29 is 48.2 Å². The average molecular weight is 287 g/mol. The summed E-state index contributed by atoms with van der Waals surface area (Å²) in [5.41, 5.74) is 0.0205. The summed E-state index contributed by atoms with van der Waals surface area (Å²) in [5, 5.41) is 13.2. The van der Waals surface area contributed by atoms with Crippen LogP contribution in [0.1, 0.15) is 16.1 Å². The van der Waals surface area contributed by atoms with Gasteiger partial charge < -0.3 is 15.2 Å². The molecule has 8 heteroatoms. The summed E-state index contributed by atoms with van der Waals surface area (Å²) in [4.78, 5) is 18.2. The number of nitrogens with zero attached hydrogens (tertiary/aromatic N) is 2. The van der Waals surface area contributed by atoms with Crippen molar-refractivity contribution in [3.8, 4) is 0 Å². The van der Waals surface area contributed by atoms with E-state index in [1.807, 2.05) is 0 Å². The van der Waals surface area contributed by atoms with E-state index in [-0.39, 0.29) is 52.5 Å². The molecule has 0 amide bonds. The summed E-state index contributed by atoms with van der Waals surface area (Å²) in [5.74, 6) is -2.89. The molecule has 0 saturated carbocycles. The van der Waals surface area contributed by atoms with Gasteiger partial charge in [-0.15, -0.1) is 0 Å². The number of hydrogen-bond donors (Lipinski definition) is 1. The van der Waals surface area contributed by atoms with Crippen molar-refractivity contribution in [2.24, 2.45) is 0 Å². The zero-order valence-corrected chi connectivity index (χ0v) is 12.8. The summed E-state index contributed by atoms with van der Waals surface area (Å²) in [6.07, 6.45) is 1.06. The molecule has 1 aromatic heterocycles. The van der Waals surface area contributed by atoms with E-state index in [9.17, 15) is 18.7 Å². The van der Waals surface area contributed by atoms with Crippen molar-refractivity contribution >= 4 is 17.6 Å². The third kappa shape index (κ3) is 3.72. The normalized spacial score (nSPS) is 9.75. The van der Waals surface area contributed by atoms with Crippen molar-refractivity contribution in [1.29, 1.82) is 0 Å². The predicted molar refractivity (Wildman–Crippen MR) is 60.7 cm³/mol. The largest absolute Gasteiger partial charge is 1.00 e. The molecule has 0 saturated heterocycles. The number of halogens is 2. The summed E-state index contributed by atoms with van der Waals surface area (Å²) < 4.78 is 26.1. The van der Waals surface area contributed by atoms with Crippen LogP contribution in [0.25, 0.3) is 0 Å². The molecule has 0 bridgehead atoms.